The fourth-order valence-electron chi connectivity index (χ4n) is 2.64. The van der Waals surface area contributed by atoms with Crippen molar-refractivity contribution in [2.24, 2.45) is 0 Å². The zero-order valence-electron chi connectivity index (χ0n) is 10.5. The lowest BCUT2D eigenvalue weighted by Gasteiger charge is -2.41. The molecule has 1 aromatic rings. The standard InChI is InChI=1S/C14H20O2/c1-5-16-14(4)8-10-6-7-11(9(2)3)13(15)12(10)14/h6-7,9,15H,5,8H2,1-4H3. The Morgan fingerprint density at radius 1 is 1.44 bits per heavy atom. The van der Waals surface area contributed by atoms with E-state index < -0.39 is 0 Å². The molecule has 1 aliphatic rings. The van der Waals surface area contributed by atoms with E-state index in [2.05, 4.69) is 26.8 Å². The maximum atomic E-state index is 10.3. The molecule has 0 amide bonds. The molecule has 2 rings (SSSR count). The molecule has 0 bridgehead atoms. The van der Waals surface area contributed by atoms with Gasteiger partial charge in [-0.25, -0.2) is 0 Å². The van der Waals surface area contributed by atoms with Gasteiger partial charge in [0, 0.05) is 18.6 Å². The molecule has 1 N–H and O–H groups in total. The minimum Gasteiger partial charge on any atom is -0.507 e. The molecule has 16 heavy (non-hydrogen) atoms. The molecule has 0 aromatic heterocycles. The molecule has 1 aromatic carbocycles. The monoisotopic (exact) mass is 220 g/mol. The Hall–Kier alpha value is -1.02. The van der Waals surface area contributed by atoms with Crippen LogP contribution in [0.3, 0.4) is 0 Å². The maximum Gasteiger partial charge on any atom is 0.125 e. The van der Waals surface area contributed by atoms with Gasteiger partial charge < -0.3 is 9.84 Å². The second kappa shape index (κ2) is 3.77. The van der Waals surface area contributed by atoms with Crippen LogP contribution < -0.4 is 0 Å². The Kier molecular flexibility index (Phi) is 2.70. The van der Waals surface area contributed by atoms with Crippen LogP contribution in [-0.4, -0.2) is 11.7 Å². The number of phenolic OH excluding ortho intramolecular Hbond substituents is 1. The van der Waals surface area contributed by atoms with E-state index in [4.69, 9.17) is 4.74 Å². The molecule has 0 saturated carbocycles. The Bertz CT molecular complexity index is 409. The number of benzene rings is 1. The van der Waals surface area contributed by atoms with E-state index in [0.29, 0.717) is 18.3 Å². The highest BCUT2D eigenvalue weighted by molar-refractivity contribution is 5.55. The van der Waals surface area contributed by atoms with Crippen LogP contribution >= 0.6 is 0 Å². The molecule has 88 valence electrons. The predicted molar refractivity (Wildman–Crippen MR) is 64.9 cm³/mol. The normalized spacial score (nSPS) is 23.1. The minimum absolute atomic E-state index is 0.279. The van der Waals surface area contributed by atoms with Gasteiger partial charge in [-0.15, -0.1) is 0 Å². The lowest BCUT2D eigenvalue weighted by atomic mass is 9.72. The Labute approximate surface area is 97.3 Å². The summed E-state index contributed by atoms with van der Waals surface area (Å²) >= 11 is 0. The third-order valence-corrected chi connectivity index (χ3v) is 3.44. The lowest BCUT2D eigenvalue weighted by Crippen LogP contribution is -2.38. The molecule has 1 atom stereocenters. The third kappa shape index (κ3) is 1.52. The molecule has 0 saturated heterocycles. The van der Waals surface area contributed by atoms with Gasteiger partial charge in [0.05, 0.1) is 5.60 Å². The molecule has 0 spiro atoms. The van der Waals surface area contributed by atoms with Crippen molar-refractivity contribution < 1.29 is 9.84 Å². The second-order valence-electron chi connectivity index (χ2n) is 5.03. The summed E-state index contributed by atoms with van der Waals surface area (Å²) in [6, 6.07) is 4.15. The molecule has 0 fully saturated rings. The first kappa shape index (κ1) is 11.5. The van der Waals surface area contributed by atoms with Crippen LogP contribution in [0.15, 0.2) is 12.1 Å². The van der Waals surface area contributed by atoms with E-state index in [-0.39, 0.29) is 5.60 Å². The largest absolute Gasteiger partial charge is 0.507 e. The van der Waals surface area contributed by atoms with E-state index in [0.717, 1.165) is 17.5 Å². The van der Waals surface area contributed by atoms with Gasteiger partial charge in [0.1, 0.15) is 5.75 Å². The first-order valence-corrected chi connectivity index (χ1v) is 5.98. The van der Waals surface area contributed by atoms with Crippen molar-refractivity contribution >= 4 is 0 Å². The molecular formula is C14H20O2. The highest BCUT2D eigenvalue weighted by atomic mass is 16.5. The fraction of sp³-hybridized carbons (Fsp3) is 0.571. The summed E-state index contributed by atoms with van der Waals surface area (Å²) in [5, 5.41) is 10.3. The van der Waals surface area contributed by atoms with Gasteiger partial charge in [-0.1, -0.05) is 26.0 Å². The number of hydrogen-bond donors (Lipinski definition) is 1. The zero-order valence-corrected chi connectivity index (χ0v) is 10.5. The van der Waals surface area contributed by atoms with Crippen LogP contribution in [-0.2, 0) is 16.8 Å². The molecule has 0 heterocycles. The van der Waals surface area contributed by atoms with Gasteiger partial charge in [-0.2, -0.15) is 0 Å². The minimum atomic E-state index is -0.279. The van der Waals surface area contributed by atoms with Gasteiger partial charge >= 0.3 is 0 Å². The van der Waals surface area contributed by atoms with Crippen LogP contribution in [0.25, 0.3) is 0 Å². The van der Waals surface area contributed by atoms with Crippen molar-refractivity contribution in [3.05, 3.63) is 28.8 Å². The first-order chi connectivity index (χ1) is 7.49. The fourth-order valence-corrected chi connectivity index (χ4v) is 2.64. The zero-order chi connectivity index (χ0) is 11.9. The third-order valence-electron chi connectivity index (χ3n) is 3.44. The van der Waals surface area contributed by atoms with Crippen LogP contribution in [0, 0.1) is 0 Å². The summed E-state index contributed by atoms with van der Waals surface area (Å²) in [5.74, 6) is 0.784. The molecule has 1 unspecified atom stereocenters. The van der Waals surface area contributed by atoms with Gasteiger partial charge in [0.2, 0.25) is 0 Å². The van der Waals surface area contributed by atoms with Crippen molar-refractivity contribution in [1.29, 1.82) is 0 Å². The molecule has 2 heteroatoms. The van der Waals surface area contributed by atoms with Crippen LogP contribution in [0.4, 0.5) is 0 Å². The van der Waals surface area contributed by atoms with Gasteiger partial charge in [0.15, 0.2) is 0 Å². The number of aromatic hydroxyl groups is 1. The van der Waals surface area contributed by atoms with Gasteiger partial charge in [-0.3, -0.25) is 0 Å². The Balaban J connectivity index is 2.45. The topological polar surface area (TPSA) is 29.5 Å². The summed E-state index contributed by atoms with van der Waals surface area (Å²) in [5.41, 5.74) is 2.96. The van der Waals surface area contributed by atoms with E-state index in [1.165, 1.54) is 5.56 Å². The quantitative estimate of drug-likeness (QED) is 0.846. The number of ether oxygens (including phenoxy) is 1. The van der Waals surface area contributed by atoms with E-state index in [9.17, 15) is 5.11 Å². The van der Waals surface area contributed by atoms with Crippen molar-refractivity contribution in [1.82, 2.24) is 0 Å². The Morgan fingerprint density at radius 3 is 2.69 bits per heavy atom. The molecule has 2 nitrogen and oxygen atoms in total. The molecule has 0 aliphatic heterocycles. The lowest BCUT2D eigenvalue weighted by molar-refractivity contribution is -0.0492. The van der Waals surface area contributed by atoms with Crippen LogP contribution in [0.1, 0.15) is 50.3 Å². The van der Waals surface area contributed by atoms with Crippen molar-refractivity contribution in [3.8, 4) is 5.75 Å². The maximum absolute atomic E-state index is 10.3. The number of phenols is 1. The van der Waals surface area contributed by atoms with Crippen molar-refractivity contribution in [2.75, 3.05) is 6.61 Å². The highest BCUT2D eigenvalue weighted by Gasteiger charge is 2.42. The van der Waals surface area contributed by atoms with E-state index in [1.54, 1.807) is 0 Å². The predicted octanol–water partition coefficient (Wildman–Crippen LogP) is 3.32. The van der Waals surface area contributed by atoms with E-state index in [1.807, 2.05) is 13.0 Å². The van der Waals surface area contributed by atoms with Crippen LogP contribution in [0.5, 0.6) is 5.75 Å². The van der Waals surface area contributed by atoms with E-state index >= 15 is 0 Å². The number of fused-ring (bicyclic) bond motifs is 1. The van der Waals surface area contributed by atoms with Crippen LogP contribution in [0.2, 0.25) is 0 Å². The van der Waals surface area contributed by atoms with Gasteiger partial charge in [-0.05, 0) is 30.9 Å². The summed E-state index contributed by atoms with van der Waals surface area (Å²) < 4.78 is 5.75. The van der Waals surface area contributed by atoms with Gasteiger partial charge in [0.25, 0.3) is 0 Å². The summed E-state index contributed by atoms with van der Waals surface area (Å²) in [6.45, 7) is 8.92. The summed E-state index contributed by atoms with van der Waals surface area (Å²) in [4.78, 5) is 0. The molecule has 1 aliphatic carbocycles. The molecule has 0 radical (unpaired) electrons. The molecular weight excluding hydrogens is 200 g/mol. The average molecular weight is 220 g/mol. The highest BCUT2D eigenvalue weighted by Crippen LogP contribution is 2.49. The Morgan fingerprint density at radius 2 is 2.12 bits per heavy atom. The van der Waals surface area contributed by atoms with Crippen molar-refractivity contribution in [2.45, 2.75) is 45.6 Å². The second-order valence-corrected chi connectivity index (χ2v) is 5.03. The smallest absolute Gasteiger partial charge is 0.125 e. The first-order valence-electron chi connectivity index (χ1n) is 5.98. The number of hydrogen-bond acceptors (Lipinski definition) is 2. The average Bonchev–Trinajstić information content (AvgIpc) is 2.15. The summed E-state index contributed by atoms with van der Waals surface area (Å²) in [6.07, 6.45) is 0.905. The summed E-state index contributed by atoms with van der Waals surface area (Å²) in [7, 11) is 0. The number of rotatable bonds is 3. The SMILES string of the molecule is CCOC1(C)Cc2ccc(C(C)C)c(O)c21. The van der Waals surface area contributed by atoms with Crippen molar-refractivity contribution in [3.63, 3.8) is 0 Å².